The fourth-order valence-corrected chi connectivity index (χ4v) is 5.40. The van der Waals surface area contributed by atoms with Gasteiger partial charge >= 0.3 is 64.8 Å². The minimum Gasteiger partial charge on any atom is -0.756 e. The number of nitrogens with one attached hydrogen (secondary N) is 2. The minimum absolute atomic E-state index is 0. The van der Waals surface area contributed by atoms with E-state index >= 15 is 0 Å². The van der Waals surface area contributed by atoms with Crippen LogP contribution in [0.4, 0.5) is 5.82 Å². The number of phosphoric ester groups is 1. The molecule has 3 heterocycles. The molecule has 0 bridgehead atoms. The fourth-order valence-electron chi connectivity index (χ4n) is 4.46. The molecular formula is C44H102N5Na2O16P. The summed E-state index contributed by atoms with van der Waals surface area (Å²) in [5.41, 5.74) is 4.44. The number of amides is 1. The summed E-state index contributed by atoms with van der Waals surface area (Å²) in [4.78, 5) is 52.5. The summed E-state index contributed by atoms with van der Waals surface area (Å²) in [6.45, 7) is 27.2. The van der Waals surface area contributed by atoms with Crippen LogP contribution in [0.5, 0.6) is 0 Å². The van der Waals surface area contributed by atoms with Crippen molar-refractivity contribution in [3.63, 3.8) is 0 Å². The van der Waals surface area contributed by atoms with Gasteiger partial charge in [0.15, 0.2) is 6.23 Å². The molecule has 21 nitrogen and oxygen atoms in total. The second-order valence-electron chi connectivity index (χ2n) is 11.5. The Morgan fingerprint density at radius 1 is 0.985 bits per heavy atom. The second-order valence-corrected chi connectivity index (χ2v) is 12.8. The number of allylic oxidation sites excluding steroid dienone is 1. The first-order chi connectivity index (χ1) is 28.3. The number of aliphatic hydroxyl groups excluding tert-OH is 6. The van der Waals surface area contributed by atoms with Gasteiger partial charge in [-0.15, -0.1) is 6.58 Å². The third-order valence-electron chi connectivity index (χ3n) is 6.59. The molecule has 2 aliphatic heterocycles. The van der Waals surface area contributed by atoms with E-state index in [1.165, 1.54) is 26.0 Å². The Kier molecular flexibility index (Phi) is 86.4. The number of carboxylic acid groups (broad SMARTS) is 1. The van der Waals surface area contributed by atoms with Crippen molar-refractivity contribution in [3.8, 4) is 0 Å². The van der Waals surface area contributed by atoms with Gasteiger partial charge in [-0.1, -0.05) is 147 Å². The normalized spacial score (nSPS) is 22.5. The van der Waals surface area contributed by atoms with Crippen LogP contribution in [0.2, 0.25) is 0 Å². The van der Waals surface area contributed by atoms with Crippen molar-refractivity contribution in [2.75, 3.05) is 32.5 Å². The van der Waals surface area contributed by atoms with E-state index < -0.39 is 106 Å². The summed E-state index contributed by atoms with van der Waals surface area (Å²) in [5, 5.41) is 77.8. The number of carbonyl (C=O) groups is 2. The fraction of sp³-hybridized carbons (Fsp3) is 0.818. The number of aliphatic carboxylic acids is 1. The van der Waals surface area contributed by atoms with Crippen LogP contribution in [0.3, 0.4) is 0 Å². The Labute approximate surface area is 457 Å². The Morgan fingerprint density at radius 3 is 1.78 bits per heavy atom. The molecule has 1 amide bonds. The van der Waals surface area contributed by atoms with Crippen molar-refractivity contribution in [1.82, 2.24) is 20.2 Å². The van der Waals surface area contributed by atoms with Gasteiger partial charge < -0.3 is 75.8 Å². The second kappa shape index (κ2) is 58.7. The largest absolute Gasteiger partial charge is 1.00 e. The van der Waals surface area contributed by atoms with E-state index in [4.69, 9.17) is 15.2 Å². The molecule has 1 aromatic heterocycles. The van der Waals surface area contributed by atoms with E-state index in [0.29, 0.717) is 0 Å². The number of likely N-dealkylation sites (N-methyl/N-ethyl adjacent to an activating group) is 1. The maximum absolute atomic E-state index is 12.7. The molecule has 2 aliphatic rings. The Morgan fingerprint density at radius 2 is 1.41 bits per heavy atom. The van der Waals surface area contributed by atoms with Crippen LogP contribution in [-0.4, -0.2) is 133 Å². The predicted molar refractivity (Wildman–Crippen MR) is 265 cm³/mol. The maximum Gasteiger partial charge on any atom is 1.00 e. The average Bonchev–Trinajstić information content (AvgIpc) is 3.50. The molecule has 0 aromatic carbocycles. The molecule has 9 unspecified atom stereocenters. The number of nitrogens with zero attached hydrogens (tertiary/aromatic N) is 2. The molecule has 1 aromatic rings. The van der Waals surface area contributed by atoms with Crippen LogP contribution in [0.1, 0.15) is 160 Å². The quantitative estimate of drug-likeness (QED) is 0.0581. The molecule has 2 saturated heterocycles. The van der Waals surface area contributed by atoms with Crippen molar-refractivity contribution in [1.29, 1.82) is 0 Å². The zero-order valence-electron chi connectivity index (χ0n) is 40.1. The summed E-state index contributed by atoms with van der Waals surface area (Å²) < 4.78 is 33.3. The van der Waals surface area contributed by atoms with Crippen molar-refractivity contribution >= 4 is 25.5 Å². The molecule has 3 rings (SSSR count). The smallest absolute Gasteiger partial charge is 0.756 e. The van der Waals surface area contributed by atoms with Crippen LogP contribution in [-0.2, 0) is 32.7 Å². The molecular weight excluding hydrogens is 931 g/mol. The summed E-state index contributed by atoms with van der Waals surface area (Å²) in [6.07, 6.45) is -11.0. The number of rotatable bonds is 13. The van der Waals surface area contributed by atoms with Gasteiger partial charge in [-0.3, -0.25) is 18.5 Å². The molecule has 0 saturated carbocycles. The monoisotopic (exact) mass is 1030 g/mol. The number of phosphoric acid groups is 1. The van der Waals surface area contributed by atoms with E-state index in [1.807, 2.05) is 62.3 Å². The van der Waals surface area contributed by atoms with Crippen LogP contribution < -0.4 is 91.2 Å². The first-order valence-electron chi connectivity index (χ1n) is 20.4. The van der Waals surface area contributed by atoms with Gasteiger partial charge in [0.25, 0.3) is 7.82 Å². The zero-order valence-corrected chi connectivity index (χ0v) is 45.0. The van der Waals surface area contributed by atoms with Crippen molar-refractivity contribution < 1.29 is 132 Å². The molecule has 68 heavy (non-hydrogen) atoms. The molecule has 406 valence electrons. The molecule has 0 radical (unpaired) electrons. The van der Waals surface area contributed by atoms with Gasteiger partial charge in [0, 0.05) is 12.6 Å². The first kappa shape index (κ1) is 100. The van der Waals surface area contributed by atoms with Gasteiger partial charge in [-0.05, 0) is 20.0 Å². The predicted octanol–water partition coefficient (Wildman–Crippen LogP) is -2.09. The number of nitrogen functional groups attached to an aromatic ring is 1. The minimum atomic E-state index is -5.83. The van der Waals surface area contributed by atoms with Gasteiger partial charge in [0.2, 0.25) is 11.7 Å². The van der Waals surface area contributed by atoms with Crippen LogP contribution >= 0.6 is 7.82 Å². The Balaban J connectivity index is -0.0000000976. The number of hydrogen-bond acceptors (Lipinski definition) is 19. The van der Waals surface area contributed by atoms with Crippen LogP contribution in [0.25, 0.3) is 0 Å². The number of ether oxygens (including phenoxy) is 2. The number of hydrogen-bond donors (Lipinski definition) is 9. The molecule has 0 aliphatic carbocycles. The summed E-state index contributed by atoms with van der Waals surface area (Å²) in [7, 11) is -4.42. The van der Waals surface area contributed by atoms with Gasteiger partial charge in [-0.2, -0.15) is 4.98 Å². The summed E-state index contributed by atoms with van der Waals surface area (Å²) in [5.74, 6) is -6.72. The number of aliphatic hydroxyl groups is 6. The van der Waals surface area contributed by atoms with E-state index in [1.54, 1.807) is 6.08 Å². The molecule has 0 spiro atoms. The Bertz CT molecular complexity index is 1360. The number of nitrogens with two attached hydrogens (primary N) is 1. The van der Waals surface area contributed by atoms with E-state index in [9.17, 15) is 59.6 Å². The molecule has 24 heteroatoms. The SMILES string of the molecule is C.C.C.C.C.C.C=CC.CC.CC.CC.CC.CCC.CCC.CNCC(=O)NC1C(O)CC(OP(=O)([O-])OCC2OC(n3ccc(N)nc3=O)C(O)C2O)(C(=O)[O-])OC1[C@H](O)[C@H](O)CO.[Na+].[Na+]. The van der Waals surface area contributed by atoms with E-state index in [2.05, 4.69) is 58.9 Å². The van der Waals surface area contributed by atoms with Crippen LogP contribution in [0.15, 0.2) is 29.7 Å². The summed E-state index contributed by atoms with van der Waals surface area (Å²) >= 11 is 0. The van der Waals surface area contributed by atoms with Crippen molar-refractivity contribution in [2.45, 2.75) is 215 Å². The van der Waals surface area contributed by atoms with Gasteiger partial charge in [0.05, 0.1) is 31.9 Å². The zero-order chi connectivity index (χ0) is 48.4. The molecule has 11 atom stereocenters. The first-order valence-corrected chi connectivity index (χ1v) is 21.8. The summed E-state index contributed by atoms with van der Waals surface area (Å²) in [6, 6.07) is -0.460. The topological polar surface area (TPSA) is 341 Å². The van der Waals surface area contributed by atoms with E-state index in [0.717, 1.165) is 10.8 Å². The average molecular weight is 1030 g/mol. The van der Waals surface area contributed by atoms with Gasteiger partial charge in [-0.25, -0.2) is 4.79 Å². The number of carbonyl (C=O) groups excluding carboxylic acids is 2. The third kappa shape index (κ3) is 36.9. The van der Waals surface area contributed by atoms with E-state index in [-0.39, 0.29) is 116 Å². The third-order valence-corrected chi connectivity index (χ3v) is 7.57. The number of anilines is 1. The van der Waals surface area contributed by atoms with Crippen molar-refractivity contribution in [2.24, 2.45) is 0 Å². The van der Waals surface area contributed by atoms with Gasteiger partial charge in [0.1, 0.15) is 48.4 Å². The maximum atomic E-state index is 12.7. The van der Waals surface area contributed by atoms with Crippen molar-refractivity contribution in [3.05, 3.63) is 35.4 Å². The number of aromatic nitrogens is 2. The standard InChI is InChI=1S/C21H34N5O16P.2C3H8.C3H6.4C2H6.6CH4.2Na/c1-23-5-12(30)25-13-8(28)4-21(19(34)35,41-17(13)14(31)9(29)6-27)42-43(37,38)39-7-10-15(32)16(33)18(40-10)26-3-2-11(22)24-20(26)36;3*1-3-2;4*1-2;;;;;;;;/h2-3,8-10,13-18,23,27-29,31-33H,4-7H2,1H3,(H,25,30)(H,34,35)(H,37,38)(H2,22,24,36);2*3H2,1-2H3;3H,1H2,2H3;4*1-2H3;6*1H4;;/q;;;;;;;;;;;;;;2*+1/p-2/t8?,9-,10?,13?,14-,15?,16?,17?,18?,21?;;;;;;;;;;;;;;;/m1.............../s1. The molecule has 2 fully saturated rings. The number of carboxylic acids is 1. The molecule has 10 N–H and O–H groups in total. The Hall–Kier alpha value is -0.890. The van der Waals surface area contributed by atoms with Crippen LogP contribution in [0, 0.1) is 0 Å².